The van der Waals surface area contributed by atoms with Crippen LogP contribution in [0, 0.1) is 0 Å². The van der Waals surface area contributed by atoms with Gasteiger partial charge in [0, 0.05) is 32.1 Å². The smallest absolute Gasteiger partial charge is 0.219 e. The zero-order valence-electron chi connectivity index (χ0n) is 17.4. The summed E-state index contributed by atoms with van der Waals surface area (Å²) in [7, 11) is 1.78. The average molecular weight is 396 g/mol. The Morgan fingerprint density at radius 2 is 1.97 bits per heavy atom. The first kappa shape index (κ1) is 18.6. The van der Waals surface area contributed by atoms with Crippen molar-refractivity contribution in [2.45, 2.75) is 64.7 Å². The molecule has 1 atom stereocenters. The van der Waals surface area contributed by atoms with Crippen LogP contribution in [0.2, 0.25) is 0 Å². The van der Waals surface area contributed by atoms with E-state index in [0.29, 0.717) is 6.54 Å². The van der Waals surface area contributed by atoms with Crippen LogP contribution in [0.25, 0.3) is 0 Å². The Morgan fingerprint density at radius 1 is 1.14 bits per heavy atom. The standard InChI is InChI=1S/C22H29N5O2/c1-15(28)25-9-10-27-21(14-25)23-24-22(27)19-7-4-8-26(19)13-18-11-16-5-3-6-17(16)12-20(18)29-2/h11-12,19H,3-10,13-14H2,1-2H3/t19-/m1/s1. The minimum atomic E-state index is 0.104. The van der Waals surface area contributed by atoms with E-state index < -0.39 is 0 Å². The van der Waals surface area contributed by atoms with E-state index in [2.05, 4.69) is 31.8 Å². The number of hydrogen-bond donors (Lipinski definition) is 0. The number of aromatic nitrogens is 3. The Morgan fingerprint density at radius 3 is 2.76 bits per heavy atom. The average Bonchev–Trinajstić information content (AvgIpc) is 3.45. The van der Waals surface area contributed by atoms with Gasteiger partial charge in [-0.2, -0.15) is 0 Å². The molecule has 1 saturated heterocycles. The van der Waals surface area contributed by atoms with Crippen LogP contribution in [-0.2, 0) is 37.3 Å². The molecule has 1 aromatic carbocycles. The Balaban J connectivity index is 1.39. The molecule has 3 heterocycles. The van der Waals surface area contributed by atoms with Gasteiger partial charge in [0.25, 0.3) is 0 Å². The molecule has 0 N–H and O–H groups in total. The van der Waals surface area contributed by atoms with Crippen LogP contribution in [0.15, 0.2) is 12.1 Å². The fraction of sp³-hybridized carbons (Fsp3) is 0.591. The minimum absolute atomic E-state index is 0.104. The van der Waals surface area contributed by atoms with Gasteiger partial charge in [0.1, 0.15) is 5.75 Å². The highest BCUT2D eigenvalue weighted by atomic mass is 16.5. The molecule has 0 bridgehead atoms. The molecule has 1 amide bonds. The zero-order valence-corrected chi connectivity index (χ0v) is 17.4. The maximum atomic E-state index is 11.7. The number of fused-ring (bicyclic) bond motifs is 2. The Labute approximate surface area is 171 Å². The number of rotatable bonds is 4. The molecule has 7 heteroatoms. The number of aryl methyl sites for hydroxylation is 2. The number of benzene rings is 1. The van der Waals surface area contributed by atoms with Crippen LogP contribution in [0.4, 0.5) is 0 Å². The third kappa shape index (κ3) is 3.31. The van der Waals surface area contributed by atoms with Gasteiger partial charge >= 0.3 is 0 Å². The highest BCUT2D eigenvalue weighted by Crippen LogP contribution is 2.36. The van der Waals surface area contributed by atoms with Gasteiger partial charge in [-0.05, 0) is 55.8 Å². The maximum Gasteiger partial charge on any atom is 0.219 e. The summed E-state index contributed by atoms with van der Waals surface area (Å²) in [6.07, 6.45) is 5.86. The molecule has 0 spiro atoms. The van der Waals surface area contributed by atoms with Crippen molar-refractivity contribution in [1.82, 2.24) is 24.6 Å². The molecular formula is C22H29N5O2. The summed E-state index contributed by atoms with van der Waals surface area (Å²) < 4.78 is 7.97. The van der Waals surface area contributed by atoms with Gasteiger partial charge in [0.05, 0.1) is 19.7 Å². The van der Waals surface area contributed by atoms with Gasteiger partial charge in [-0.25, -0.2) is 0 Å². The summed E-state index contributed by atoms with van der Waals surface area (Å²) in [6, 6.07) is 4.89. The second-order valence-electron chi connectivity index (χ2n) is 8.48. The molecule has 7 nitrogen and oxygen atoms in total. The third-order valence-corrected chi connectivity index (χ3v) is 6.76. The molecule has 29 heavy (non-hydrogen) atoms. The predicted octanol–water partition coefficient (Wildman–Crippen LogP) is 2.47. The summed E-state index contributed by atoms with van der Waals surface area (Å²) in [4.78, 5) is 16.1. The first-order valence-corrected chi connectivity index (χ1v) is 10.7. The number of amides is 1. The highest BCUT2D eigenvalue weighted by molar-refractivity contribution is 5.73. The fourth-order valence-corrected chi connectivity index (χ4v) is 5.19. The number of nitrogens with zero attached hydrogens (tertiary/aromatic N) is 5. The zero-order chi connectivity index (χ0) is 20.0. The SMILES string of the molecule is COc1cc2c(cc1CN1CCC[C@@H]1c1nnc3n1CCN(C(C)=O)C3)CCC2. The largest absolute Gasteiger partial charge is 0.496 e. The van der Waals surface area contributed by atoms with Crippen LogP contribution in [0.1, 0.15) is 60.6 Å². The normalized spacial score (nSPS) is 21.3. The Bertz CT molecular complexity index is 938. The first-order chi connectivity index (χ1) is 14.1. The lowest BCUT2D eigenvalue weighted by molar-refractivity contribution is -0.130. The summed E-state index contributed by atoms with van der Waals surface area (Å²) in [5.41, 5.74) is 4.21. The van der Waals surface area contributed by atoms with Gasteiger partial charge in [0.2, 0.25) is 5.91 Å². The van der Waals surface area contributed by atoms with Crippen molar-refractivity contribution in [2.24, 2.45) is 0 Å². The summed E-state index contributed by atoms with van der Waals surface area (Å²) in [6.45, 7) is 5.64. The van der Waals surface area contributed by atoms with E-state index in [-0.39, 0.29) is 11.9 Å². The quantitative estimate of drug-likeness (QED) is 0.796. The van der Waals surface area contributed by atoms with Gasteiger partial charge in [-0.3, -0.25) is 9.69 Å². The molecule has 1 fully saturated rings. The van der Waals surface area contributed by atoms with E-state index in [0.717, 1.165) is 50.0 Å². The van der Waals surface area contributed by atoms with E-state index in [1.807, 2.05) is 4.90 Å². The topological polar surface area (TPSA) is 63.5 Å². The predicted molar refractivity (Wildman–Crippen MR) is 109 cm³/mol. The van der Waals surface area contributed by atoms with Crippen molar-refractivity contribution in [3.63, 3.8) is 0 Å². The monoisotopic (exact) mass is 395 g/mol. The van der Waals surface area contributed by atoms with Crippen molar-refractivity contribution < 1.29 is 9.53 Å². The van der Waals surface area contributed by atoms with E-state index in [1.54, 1.807) is 14.0 Å². The Hall–Kier alpha value is -2.41. The molecule has 2 aliphatic heterocycles. The number of carbonyl (C=O) groups is 1. The molecule has 1 aliphatic carbocycles. The summed E-state index contributed by atoms with van der Waals surface area (Å²) in [5.74, 6) is 3.08. The number of ether oxygens (including phenoxy) is 1. The molecular weight excluding hydrogens is 366 g/mol. The minimum Gasteiger partial charge on any atom is -0.496 e. The molecule has 3 aliphatic rings. The van der Waals surface area contributed by atoms with Crippen LogP contribution < -0.4 is 4.74 Å². The van der Waals surface area contributed by atoms with Gasteiger partial charge in [0.15, 0.2) is 11.6 Å². The lowest BCUT2D eigenvalue weighted by Crippen LogP contribution is -2.38. The molecule has 1 aromatic heterocycles. The van der Waals surface area contributed by atoms with Gasteiger partial charge in [-0.1, -0.05) is 6.07 Å². The number of likely N-dealkylation sites (tertiary alicyclic amines) is 1. The molecule has 5 rings (SSSR count). The van der Waals surface area contributed by atoms with E-state index >= 15 is 0 Å². The van der Waals surface area contributed by atoms with E-state index in [4.69, 9.17) is 4.74 Å². The maximum absolute atomic E-state index is 11.7. The van der Waals surface area contributed by atoms with Crippen molar-refractivity contribution in [2.75, 3.05) is 20.2 Å². The van der Waals surface area contributed by atoms with Crippen molar-refractivity contribution in [1.29, 1.82) is 0 Å². The lowest BCUT2D eigenvalue weighted by Gasteiger charge is -2.29. The number of hydrogen-bond acceptors (Lipinski definition) is 5. The van der Waals surface area contributed by atoms with Crippen LogP contribution >= 0.6 is 0 Å². The van der Waals surface area contributed by atoms with E-state index in [1.165, 1.54) is 42.4 Å². The fourth-order valence-electron chi connectivity index (χ4n) is 5.19. The lowest BCUT2D eigenvalue weighted by atomic mass is 10.0. The molecule has 0 radical (unpaired) electrons. The van der Waals surface area contributed by atoms with Crippen molar-refractivity contribution in [3.05, 3.63) is 40.5 Å². The third-order valence-electron chi connectivity index (χ3n) is 6.76. The molecule has 154 valence electrons. The van der Waals surface area contributed by atoms with Crippen molar-refractivity contribution in [3.8, 4) is 5.75 Å². The van der Waals surface area contributed by atoms with E-state index in [9.17, 15) is 4.79 Å². The highest BCUT2D eigenvalue weighted by Gasteiger charge is 2.33. The summed E-state index contributed by atoms with van der Waals surface area (Å²) >= 11 is 0. The van der Waals surface area contributed by atoms with Gasteiger partial charge < -0.3 is 14.2 Å². The van der Waals surface area contributed by atoms with Crippen LogP contribution in [0.5, 0.6) is 5.75 Å². The molecule has 2 aromatic rings. The summed E-state index contributed by atoms with van der Waals surface area (Å²) in [5, 5.41) is 8.99. The van der Waals surface area contributed by atoms with Crippen molar-refractivity contribution >= 4 is 5.91 Å². The molecule has 0 saturated carbocycles. The van der Waals surface area contributed by atoms with Crippen LogP contribution in [-0.4, -0.2) is 50.7 Å². The molecule has 0 unspecified atom stereocenters. The second kappa shape index (κ2) is 7.44. The second-order valence-corrected chi connectivity index (χ2v) is 8.48. The Kier molecular flexibility index (Phi) is 4.78. The number of carbonyl (C=O) groups excluding carboxylic acids is 1. The van der Waals surface area contributed by atoms with Gasteiger partial charge in [-0.15, -0.1) is 10.2 Å². The first-order valence-electron chi connectivity index (χ1n) is 10.7. The number of methoxy groups -OCH3 is 1. The van der Waals surface area contributed by atoms with Crippen LogP contribution in [0.3, 0.4) is 0 Å².